The number of carboxylic acid groups (broad SMARTS) is 1. The Morgan fingerprint density at radius 2 is 2.20 bits per heavy atom. The van der Waals surface area contributed by atoms with Crippen molar-refractivity contribution in [3.05, 3.63) is 0 Å². The van der Waals surface area contributed by atoms with E-state index in [1.807, 2.05) is 4.90 Å². The molecular weight excluding hydrogens is 196 g/mol. The summed E-state index contributed by atoms with van der Waals surface area (Å²) in [7, 11) is 1.59. The molecule has 0 aromatic rings. The van der Waals surface area contributed by atoms with E-state index < -0.39 is 11.5 Å². The summed E-state index contributed by atoms with van der Waals surface area (Å²) in [5.41, 5.74) is -0.784. The quantitative estimate of drug-likeness (QED) is 0.694. The van der Waals surface area contributed by atoms with Gasteiger partial charge in [-0.1, -0.05) is 0 Å². The fraction of sp³-hybridized carbons (Fsp3) is 0.800. The standard InChI is InChI=1S/C10H18N2O3/c1-10(9(14)15)5-3-6-12(10)7-4-8(13)11-2/h3-7H2,1-2H3,(H,11,13)(H,14,15). The van der Waals surface area contributed by atoms with E-state index in [4.69, 9.17) is 5.11 Å². The molecule has 5 heteroatoms. The Hall–Kier alpha value is -1.10. The molecule has 1 aliphatic rings. The Labute approximate surface area is 89.4 Å². The van der Waals surface area contributed by atoms with Gasteiger partial charge in [0.2, 0.25) is 5.91 Å². The Morgan fingerprint density at radius 3 is 2.73 bits per heavy atom. The van der Waals surface area contributed by atoms with E-state index in [1.54, 1.807) is 14.0 Å². The van der Waals surface area contributed by atoms with Crippen molar-refractivity contribution in [1.29, 1.82) is 0 Å². The lowest BCUT2D eigenvalue weighted by molar-refractivity contribution is -0.149. The van der Waals surface area contributed by atoms with Crippen LogP contribution in [0, 0.1) is 0 Å². The van der Waals surface area contributed by atoms with Crippen molar-refractivity contribution in [2.24, 2.45) is 0 Å². The van der Waals surface area contributed by atoms with Gasteiger partial charge in [-0.15, -0.1) is 0 Å². The van der Waals surface area contributed by atoms with Gasteiger partial charge in [0, 0.05) is 20.0 Å². The molecule has 1 unspecified atom stereocenters. The zero-order valence-electron chi connectivity index (χ0n) is 9.25. The highest BCUT2D eigenvalue weighted by Gasteiger charge is 2.42. The highest BCUT2D eigenvalue weighted by atomic mass is 16.4. The summed E-state index contributed by atoms with van der Waals surface area (Å²) in [5.74, 6) is -0.841. The van der Waals surface area contributed by atoms with Crippen LogP contribution in [-0.2, 0) is 9.59 Å². The van der Waals surface area contributed by atoms with Gasteiger partial charge in [0.15, 0.2) is 0 Å². The topological polar surface area (TPSA) is 69.6 Å². The average molecular weight is 214 g/mol. The number of amides is 1. The van der Waals surface area contributed by atoms with Gasteiger partial charge >= 0.3 is 5.97 Å². The van der Waals surface area contributed by atoms with E-state index in [-0.39, 0.29) is 5.91 Å². The molecule has 1 amide bonds. The predicted molar refractivity (Wildman–Crippen MR) is 55.5 cm³/mol. The third-order valence-corrected chi connectivity index (χ3v) is 3.14. The number of carbonyl (C=O) groups is 2. The minimum absolute atomic E-state index is 0.0466. The molecule has 0 aliphatic carbocycles. The third kappa shape index (κ3) is 2.47. The molecular formula is C10H18N2O3. The van der Waals surface area contributed by atoms with Gasteiger partial charge in [-0.05, 0) is 26.3 Å². The number of nitrogens with zero attached hydrogens (tertiary/aromatic N) is 1. The summed E-state index contributed by atoms with van der Waals surface area (Å²) in [5, 5.41) is 11.7. The van der Waals surface area contributed by atoms with E-state index in [1.165, 1.54) is 0 Å². The van der Waals surface area contributed by atoms with Crippen LogP contribution in [0.2, 0.25) is 0 Å². The number of likely N-dealkylation sites (tertiary alicyclic amines) is 1. The molecule has 0 saturated carbocycles. The molecule has 0 aromatic carbocycles. The van der Waals surface area contributed by atoms with Crippen LogP contribution in [0.4, 0.5) is 0 Å². The molecule has 1 heterocycles. The van der Waals surface area contributed by atoms with Gasteiger partial charge in [-0.2, -0.15) is 0 Å². The first kappa shape index (κ1) is 12.0. The van der Waals surface area contributed by atoms with Crippen LogP contribution in [-0.4, -0.2) is 47.6 Å². The largest absolute Gasteiger partial charge is 0.480 e. The smallest absolute Gasteiger partial charge is 0.323 e. The van der Waals surface area contributed by atoms with Crippen molar-refractivity contribution in [3.8, 4) is 0 Å². The maximum absolute atomic E-state index is 11.1. The van der Waals surface area contributed by atoms with Crippen molar-refractivity contribution >= 4 is 11.9 Å². The fourth-order valence-electron chi connectivity index (χ4n) is 1.98. The van der Waals surface area contributed by atoms with Crippen LogP contribution < -0.4 is 5.32 Å². The van der Waals surface area contributed by atoms with Crippen LogP contribution in [0.3, 0.4) is 0 Å². The number of nitrogens with one attached hydrogen (secondary N) is 1. The van der Waals surface area contributed by atoms with Crippen molar-refractivity contribution < 1.29 is 14.7 Å². The predicted octanol–water partition coefficient (Wildman–Crippen LogP) is 0.0616. The Balaban J connectivity index is 2.54. The summed E-state index contributed by atoms with van der Waals surface area (Å²) in [6.45, 7) is 3.01. The SMILES string of the molecule is CNC(=O)CCN1CCCC1(C)C(=O)O. The Morgan fingerprint density at radius 1 is 1.53 bits per heavy atom. The number of aliphatic carboxylic acids is 1. The van der Waals surface area contributed by atoms with Crippen LogP contribution in [0.25, 0.3) is 0 Å². The lowest BCUT2D eigenvalue weighted by Gasteiger charge is -2.30. The van der Waals surface area contributed by atoms with Crippen molar-refractivity contribution in [2.45, 2.75) is 31.7 Å². The second kappa shape index (κ2) is 4.61. The van der Waals surface area contributed by atoms with Gasteiger partial charge in [0.05, 0.1) is 0 Å². The molecule has 2 N–H and O–H groups in total. The molecule has 5 nitrogen and oxygen atoms in total. The van der Waals surface area contributed by atoms with Gasteiger partial charge in [0.1, 0.15) is 5.54 Å². The molecule has 86 valence electrons. The highest BCUT2D eigenvalue weighted by Crippen LogP contribution is 2.28. The first-order valence-corrected chi connectivity index (χ1v) is 5.20. The Kier molecular flexibility index (Phi) is 3.68. The second-order valence-corrected chi connectivity index (χ2v) is 4.09. The summed E-state index contributed by atoms with van der Waals surface area (Å²) < 4.78 is 0. The minimum atomic E-state index is -0.795. The number of carbonyl (C=O) groups excluding carboxylic acids is 1. The van der Waals surface area contributed by atoms with Crippen molar-refractivity contribution in [3.63, 3.8) is 0 Å². The normalized spacial score (nSPS) is 26.5. The summed E-state index contributed by atoms with van der Waals surface area (Å²) in [4.78, 5) is 24.0. The van der Waals surface area contributed by atoms with Gasteiger partial charge < -0.3 is 10.4 Å². The number of rotatable bonds is 4. The van der Waals surface area contributed by atoms with Gasteiger partial charge in [0.25, 0.3) is 0 Å². The lowest BCUT2D eigenvalue weighted by Crippen LogP contribution is -2.48. The first-order chi connectivity index (χ1) is 7.00. The molecule has 0 aromatic heterocycles. The number of hydrogen-bond donors (Lipinski definition) is 2. The lowest BCUT2D eigenvalue weighted by atomic mass is 9.99. The fourth-order valence-corrected chi connectivity index (χ4v) is 1.98. The van der Waals surface area contributed by atoms with E-state index in [0.29, 0.717) is 19.4 Å². The molecule has 15 heavy (non-hydrogen) atoms. The van der Waals surface area contributed by atoms with Crippen molar-refractivity contribution in [1.82, 2.24) is 10.2 Å². The Bertz CT molecular complexity index is 267. The zero-order chi connectivity index (χ0) is 11.5. The molecule has 0 radical (unpaired) electrons. The maximum atomic E-state index is 11.1. The van der Waals surface area contributed by atoms with Gasteiger partial charge in [-0.25, -0.2) is 0 Å². The molecule has 0 bridgehead atoms. The minimum Gasteiger partial charge on any atom is -0.480 e. The summed E-state index contributed by atoms with van der Waals surface area (Å²) in [6.07, 6.45) is 1.91. The van der Waals surface area contributed by atoms with Crippen LogP contribution in [0.1, 0.15) is 26.2 Å². The third-order valence-electron chi connectivity index (χ3n) is 3.14. The average Bonchev–Trinajstić information content (AvgIpc) is 2.58. The molecule has 1 saturated heterocycles. The number of hydrogen-bond acceptors (Lipinski definition) is 3. The van der Waals surface area contributed by atoms with Crippen LogP contribution >= 0.6 is 0 Å². The highest BCUT2D eigenvalue weighted by molar-refractivity contribution is 5.79. The zero-order valence-corrected chi connectivity index (χ0v) is 9.25. The maximum Gasteiger partial charge on any atom is 0.323 e. The number of carboxylic acids is 1. The molecule has 1 fully saturated rings. The van der Waals surface area contributed by atoms with E-state index >= 15 is 0 Å². The van der Waals surface area contributed by atoms with Crippen molar-refractivity contribution in [2.75, 3.05) is 20.1 Å². The molecule has 1 aliphatic heterocycles. The molecule has 1 atom stereocenters. The van der Waals surface area contributed by atoms with Gasteiger partial charge in [-0.3, -0.25) is 14.5 Å². The second-order valence-electron chi connectivity index (χ2n) is 4.09. The van der Waals surface area contributed by atoms with Crippen LogP contribution in [0.15, 0.2) is 0 Å². The van der Waals surface area contributed by atoms with E-state index in [2.05, 4.69) is 5.32 Å². The van der Waals surface area contributed by atoms with Crippen LogP contribution in [0.5, 0.6) is 0 Å². The molecule has 1 rings (SSSR count). The molecule has 0 spiro atoms. The summed E-state index contributed by atoms with van der Waals surface area (Å²) in [6, 6.07) is 0. The monoisotopic (exact) mass is 214 g/mol. The summed E-state index contributed by atoms with van der Waals surface area (Å²) >= 11 is 0. The first-order valence-electron chi connectivity index (χ1n) is 5.20. The van der Waals surface area contributed by atoms with E-state index in [0.717, 1.165) is 13.0 Å². The van der Waals surface area contributed by atoms with E-state index in [9.17, 15) is 9.59 Å².